The minimum atomic E-state index is 0. The van der Waals surface area contributed by atoms with Crippen LogP contribution in [0.2, 0.25) is 0 Å². The molecule has 0 aliphatic heterocycles. The van der Waals surface area contributed by atoms with Crippen molar-refractivity contribution in [3.63, 3.8) is 0 Å². The number of hydrogen-bond donors (Lipinski definition) is 0. The SMILES string of the molecule is CCCCCCCCCCCCCCC=CC(C=Nc1ccccc1)=Nc1cc(CCCCC)cc(CCCCC)c1.[Ni]. The molecular weight excluding hydrogens is 567 g/mol. The van der Waals surface area contributed by atoms with Crippen molar-refractivity contribution in [2.45, 2.75) is 156 Å². The molecule has 242 valence electrons. The molecule has 3 heteroatoms. The summed E-state index contributed by atoms with van der Waals surface area (Å²) in [6.45, 7) is 6.85. The van der Waals surface area contributed by atoms with Crippen LogP contribution in [-0.4, -0.2) is 11.9 Å². The Morgan fingerprint density at radius 3 is 1.58 bits per heavy atom. The maximum Gasteiger partial charge on any atom is 0.0816 e. The van der Waals surface area contributed by atoms with Crippen LogP contribution in [0.25, 0.3) is 0 Å². The molecule has 2 rings (SSSR count). The van der Waals surface area contributed by atoms with E-state index in [1.165, 1.54) is 127 Å². The summed E-state index contributed by atoms with van der Waals surface area (Å²) in [6.07, 6.45) is 34.1. The summed E-state index contributed by atoms with van der Waals surface area (Å²) in [5.41, 5.74) is 5.82. The van der Waals surface area contributed by atoms with Crippen LogP contribution in [-0.2, 0) is 29.3 Å². The van der Waals surface area contributed by atoms with E-state index < -0.39 is 0 Å². The third-order valence-electron chi connectivity index (χ3n) is 8.05. The Kier molecular flexibility index (Phi) is 25.0. The van der Waals surface area contributed by atoms with E-state index in [1.54, 1.807) is 0 Å². The van der Waals surface area contributed by atoms with Gasteiger partial charge in [0.15, 0.2) is 0 Å². The molecule has 0 amide bonds. The molecule has 43 heavy (non-hydrogen) atoms. The Bertz CT molecular complexity index is 980. The molecule has 0 saturated heterocycles. The Morgan fingerprint density at radius 2 is 1.05 bits per heavy atom. The second kappa shape index (κ2) is 27.6. The van der Waals surface area contributed by atoms with Crippen molar-refractivity contribution in [3.05, 3.63) is 71.8 Å². The summed E-state index contributed by atoms with van der Waals surface area (Å²) >= 11 is 0. The minimum absolute atomic E-state index is 0. The summed E-state index contributed by atoms with van der Waals surface area (Å²) in [5.74, 6) is 0. The van der Waals surface area contributed by atoms with Crippen LogP contribution in [0.15, 0.2) is 70.7 Å². The van der Waals surface area contributed by atoms with Crippen molar-refractivity contribution in [2.24, 2.45) is 9.98 Å². The van der Waals surface area contributed by atoms with Crippen LogP contribution in [0, 0.1) is 0 Å². The molecule has 0 radical (unpaired) electrons. The second-order valence-electron chi connectivity index (χ2n) is 12.1. The van der Waals surface area contributed by atoms with Crippen LogP contribution in [0.4, 0.5) is 11.4 Å². The summed E-state index contributed by atoms with van der Waals surface area (Å²) in [7, 11) is 0. The fraction of sp³-hybridized carbons (Fsp3) is 0.600. The van der Waals surface area contributed by atoms with E-state index in [2.05, 4.69) is 51.1 Å². The van der Waals surface area contributed by atoms with Gasteiger partial charge in [0, 0.05) is 16.5 Å². The van der Waals surface area contributed by atoms with Crippen LogP contribution >= 0.6 is 0 Å². The third kappa shape index (κ3) is 20.6. The third-order valence-corrected chi connectivity index (χ3v) is 8.05. The molecule has 0 aliphatic rings. The van der Waals surface area contributed by atoms with E-state index in [4.69, 9.17) is 9.98 Å². The van der Waals surface area contributed by atoms with Crippen LogP contribution in [0.1, 0.15) is 154 Å². The summed E-state index contributed by atoms with van der Waals surface area (Å²) < 4.78 is 0. The van der Waals surface area contributed by atoms with E-state index in [-0.39, 0.29) is 16.5 Å². The summed E-state index contributed by atoms with van der Waals surface area (Å²) in [6, 6.07) is 17.2. The van der Waals surface area contributed by atoms with Gasteiger partial charge < -0.3 is 0 Å². The zero-order chi connectivity index (χ0) is 29.9. The van der Waals surface area contributed by atoms with Gasteiger partial charge in [-0.15, -0.1) is 0 Å². The van der Waals surface area contributed by atoms with Gasteiger partial charge in [0.25, 0.3) is 0 Å². The van der Waals surface area contributed by atoms with E-state index in [1.807, 2.05) is 36.5 Å². The topological polar surface area (TPSA) is 24.7 Å². The molecule has 0 aliphatic carbocycles. The predicted molar refractivity (Wildman–Crippen MR) is 189 cm³/mol. The number of benzene rings is 2. The van der Waals surface area contributed by atoms with Gasteiger partial charge in [-0.2, -0.15) is 0 Å². The van der Waals surface area contributed by atoms with Crippen molar-refractivity contribution in [1.29, 1.82) is 0 Å². The van der Waals surface area contributed by atoms with E-state index in [0.717, 1.165) is 36.3 Å². The largest absolute Gasteiger partial charge is 0.255 e. The van der Waals surface area contributed by atoms with Crippen molar-refractivity contribution >= 4 is 23.3 Å². The number of hydrogen-bond acceptors (Lipinski definition) is 2. The number of aliphatic imine (C=N–C) groups is 2. The van der Waals surface area contributed by atoms with Gasteiger partial charge in [0.1, 0.15) is 0 Å². The second-order valence-corrected chi connectivity index (χ2v) is 12.1. The maximum atomic E-state index is 5.13. The Labute approximate surface area is 276 Å². The monoisotopic (exact) mass is 628 g/mol. The summed E-state index contributed by atoms with van der Waals surface area (Å²) in [4.78, 5) is 9.88. The normalized spacial score (nSPS) is 11.9. The van der Waals surface area contributed by atoms with Gasteiger partial charge in [-0.25, -0.2) is 4.99 Å². The molecule has 0 aromatic heterocycles. The fourth-order valence-corrected chi connectivity index (χ4v) is 5.47. The average molecular weight is 630 g/mol. The standard InChI is InChI=1S/C40H62N2.Ni/c1-4-7-10-11-12-13-14-15-16-17-18-19-20-24-31-39(35-41-38-29-25-21-26-30-38)42-40-33-36(27-22-8-5-2)32-37(34-40)28-23-9-6-3;/h21,24-26,29-35H,4-20,22-23,27-28H2,1-3H3;. The molecule has 0 unspecified atom stereocenters. The number of unbranched alkanes of at least 4 members (excludes halogenated alkanes) is 16. The van der Waals surface area contributed by atoms with E-state index in [9.17, 15) is 0 Å². The quantitative estimate of drug-likeness (QED) is 0.0593. The molecule has 0 atom stereocenters. The van der Waals surface area contributed by atoms with E-state index >= 15 is 0 Å². The van der Waals surface area contributed by atoms with Crippen LogP contribution in [0.5, 0.6) is 0 Å². The fourth-order valence-electron chi connectivity index (χ4n) is 5.47. The van der Waals surface area contributed by atoms with Gasteiger partial charge in [0.2, 0.25) is 0 Å². The number of nitrogens with zero attached hydrogens (tertiary/aromatic N) is 2. The van der Waals surface area contributed by atoms with E-state index in [0.29, 0.717) is 0 Å². The van der Waals surface area contributed by atoms with Crippen LogP contribution < -0.4 is 0 Å². The molecule has 2 aromatic rings. The summed E-state index contributed by atoms with van der Waals surface area (Å²) in [5, 5.41) is 0. The first-order chi connectivity index (χ1) is 20.7. The molecule has 0 N–H and O–H groups in total. The smallest absolute Gasteiger partial charge is 0.0816 e. The molecule has 2 aromatic carbocycles. The molecule has 0 bridgehead atoms. The first-order valence-electron chi connectivity index (χ1n) is 17.7. The minimum Gasteiger partial charge on any atom is -0.255 e. The molecule has 0 spiro atoms. The molecular formula is C40H62N2Ni. The van der Waals surface area contributed by atoms with Gasteiger partial charge in [-0.05, 0) is 80.0 Å². The van der Waals surface area contributed by atoms with Crippen LogP contribution in [0.3, 0.4) is 0 Å². The molecule has 0 fully saturated rings. The van der Waals surface area contributed by atoms with Gasteiger partial charge in [0.05, 0.1) is 23.3 Å². The Balaban J connectivity index is 0.00000924. The number of aryl methyl sites for hydroxylation is 2. The van der Waals surface area contributed by atoms with Crippen molar-refractivity contribution in [2.75, 3.05) is 0 Å². The van der Waals surface area contributed by atoms with Crippen molar-refractivity contribution in [1.82, 2.24) is 0 Å². The first-order valence-corrected chi connectivity index (χ1v) is 17.7. The van der Waals surface area contributed by atoms with Gasteiger partial charge in [-0.1, -0.05) is 147 Å². The zero-order valence-corrected chi connectivity index (χ0v) is 28.9. The Morgan fingerprint density at radius 1 is 0.558 bits per heavy atom. The molecule has 2 nitrogen and oxygen atoms in total. The number of rotatable bonds is 25. The van der Waals surface area contributed by atoms with Crippen molar-refractivity contribution in [3.8, 4) is 0 Å². The molecule has 0 saturated carbocycles. The Hall–Kier alpha value is -1.99. The average Bonchev–Trinajstić information content (AvgIpc) is 3.00. The number of para-hydroxylation sites is 1. The first kappa shape index (κ1) is 39.0. The molecule has 0 heterocycles. The van der Waals surface area contributed by atoms with Gasteiger partial charge in [-0.3, -0.25) is 4.99 Å². The predicted octanol–water partition coefficient (Wildman–Crippen LogP) is 13.3. The number of allylic oxidation sites excluding steroid dienone is 2. The van der Waals surface area contributed by atoms with Gasteiger partial charge >= 0.3 is 0 Å². The maximum absolute atomic E-state index is 5.13. The van der Waals surface area contributed by atoms with Crippen molar-refractivity contribution < 1.29 is 16.5 Å². The zero-order valence-electron chi connectivity index (χ0n) is 27.9.